The Bertz CT molecular complexity index is 808. The van der Waals surface area contributed by atoms with E-state index in [1.54, 1.807) is 4.57 Å². The van der Waals surface area contributed by atoms with Crippen molar-refractivity contribution in [1.82, 2.24) is 4.57 Å². The Balaban J connectivity index is 2.00. The number of benzene rings is 2. The van der Waals surface area contributed by atoms with Crippen molar-refractivity contribution in [2.24, 2.45) is 0 Å². The summed E-state index contributed by atoms with van der Waals surface area (Å²) in [4.78, 5) is 0. The molecule has 0 radical (unpaired) electrons. The van der Waals surface area contributed by atoms with E-state index in [0.29, 0.717) is 5.69 Å². The van der Waals surface area contributed by atoms with Crippen LogP contribution in [-0.2, 0) is 6.54 Å². The van der Waals surface area contributed by atoms with Crippen LogP contribution in [0.2, 0.25) is 0 Å². The van der Waals surface area contributed by atoms with Crippen molar-refractivity contribution in [2.45, 2.75) is 39.2 Å². The number of hydrogen-bond acceptors (Lipinski definition) is 0. The van der Waals surface area contributed by atoms with Gasteiger partial charge in [-0.1, -0.05) is 31.9 Å². The number of imidazole rings is 1. The number of unbranched alkanes of at least 4 members (excludes halogenated alkanes) is 3. The van der Waals surface area contributed by atoms with Crippen LogP contribution >= 0.6 is 0 Å². The highest BCUT2D eigenvalue weighted by molar-refractivity contribution is 5.74. The zero-order valence-corrected chi connectivity index (χ0v) is 13.3. The number of fused-ring (bicyclic) bond motifs is 1. The van der Waals surface area contributed by atoms with E-state index < -0.39 is 11.6 Å². The molecule has 1 heterocycles. The summed E-state index contributed by atoms with van der Waals surface area (Å²) in [5.74, 6) is -1.11. The third-order valence-electron chi connectivity index (χ3n) is 4.13. The summed E-state index contributed by atoms with van der Waals surface area (Å²) in [6, 6.07) is 11.6. The van der Waals surface area contributed by atoms with Crippen molar-refractivity contribution < 1.29 is 13.3 Å². The molecule has 0 unspecified atom stereocenters. The maximum atomic E-state index is 14.2. The summed E-state index contributed by atoms with van der Waals surface area (Å²) in [5, 5.41) is 0. The van der Waals surface area contributed by atoms with E-state index in [0.717, 1.165) is 30.1 Å². The lowest BCUT2D eigenvalue weighted by atomic mass is 10.2. The third kappa shape index (κ3) is 3.26. The summed E-state index contributed by atoms with van der Waals surface area (Å²) >= 11 is 0. The van der Waals surface area contributed by atoms with Crippen LogP contribution < -0.4 is 4.57 Å². The van der Waals surface area contributed by atoms with Gasteiger partial charge in [0.25, 0.3) is 0 Å². The van der Waals surface area contributed by atoms with Crippen molar-refractivity contribution in [1.29, 1.82) is 0 Å². The predicted molar refractivity (Wildman–Crippen MR) is 87.5 cm³/mol. The van der Waals surface area contributed by atoms with E-state index in [9.17, 15) is 8.78 Å². The zero-order chi connectivity index (χ0) is 16.2. The summed E-state index contributed by atoms with van der Waals surface area (Å²) in [5.41, 5.74) is 2.36. The lowest BCUT2D eigenvalue weighted by Gasteiger charge is -1.99. The summed E-state index contributed by atoms with van der Waals surface area (Å²) in [6.45, 7) is 3.09. The molecule has 0 spiro atoms. The lowest BCUT2D eigenvalue weighted by Crippen LogP contribution is -2.32. The van der Waals surface area contributed by atoms with E-state index in [2.05, 4.69) is 11.5 Å². The fraction of sp³-hybridized carbons (Fsp3) is 0.316. The van der Waals surface area contributed by atoms with Crippen LogP contribution in [0.25, 0.3) is 16.7 Å². The molecule has 3 rings (SSSR count). The first-order valence-corrected chi connectivity index (χ1v) is 8.15. The van der Waals surface area contributed by atoms with Crippen LogP contribution in [0.4, 0.5) is 8.78 Å². The molecule has 0 atom stereocenters. The van der Waals surface area contributed by atoms with Gasteiger partial charge in [0, 0.05) is 6.07 Å². The Morgan fingerprint density at radius 2 is 1.83 bits per heavy atom. The monoisotopic (exact) mass is 315 g/mol. The maximum Gasteiger partial charge on any atom is 0.250 e. The molecular formula is C19H21F2N2+. The van der Waals surface area contributed by atoms with Crippen LogP contribution in [0, 0.1) is 11.6 Å². The molecule has 0 aliphatic carbocycles. The number of aryl methyl sites for hydroxylation is 1. The molecule has 0 N–H and O–H groups in total. The Morgan fingerprint density at radius 1 is 1.00 bits per heavy atom. The number of halogens is 2. The molecule has 0 aliphatic heterocycles. The van der Waals surface area contributed by atoms with Crippen molar-refractivity contribution in [3.63, 3.8) is 0 Å². The van der Waals surface area contributed by atoms with Crippen LogP contribution in [0.1, 0.15) is 32.6 Å². The van der Waals surface area contributed by atoms with Crippen molar-refractivity contribution in [3.05, 3.63) is 60.4 Å². The molecule has 0 amide bonds. The van der Waals surface area contributed by atoms with Crippen LogP contribution in [0.3, 0.4) is 0 Å². The highest BCUT2D eigenvalue weighted by Crippen LogP contribution is 2.20. The quantitative estimate of drug-likeness (QED) is 0.457. The normalized spacial score (nSPS) is 11.3. The van der Waals surface area contributed by atoms with Gasteiger partial charge < -0.3 is 0 Å². The fourth-order valence-corrected chi connectivity index (χ4v) is 2.93. The molecule has 3 aromatic rings. The summed E-state index contributed by atoms with van der Waals surface area (Å²) in [7, 11) is 0. The minimum Gasteiger partial charge on any atom is -0.229 e. The smallest absolute Gasteiger partial charge is 0.229 e. The van der Waals surface area contributed by atoms with Gasteiger partial charge in [-0.25, -0.2) is 13.3 Å². The number of para-hydroxylation sites is 2. The Morgan fingerprint density at radius 3 is 2.61 bits per heavy atom. The molecule has 2 aromatic carbocycles. The van der Waals surface area contributed by atoms with Crippen LogP contribution in [0.5, 0.6) is 0 Å². The number of hydrogen-bond donors (Lipinski definition) is 0. The average molecular weight is 315 g/mol. The Kier molecular flexibility index (Phi) is 4.70. The van der Waals surface area contributed by atoms with Gasteiger partial charge in [-0.15, -0.1) is 0 Å². The van der Waals surface area contributed by atoms with Gasteiger partial charge in [0.1, 0.15) is 5.82 Å². The van der Waals surface area contributed by atoms with E-state index in [1.807, 2.05) is 30.6 Å². The van der Waals surface area contributed by atoms with Gasteiger partial charge in [-0.2, -0.15) is 4.57 Å². The minimum atomic E-state index is -0.560. The Labute approximate surface area is 135 Å². The van der Waals surface area contributed by atoms with Gasteiger partial charge in [-0.05, 0) is 37.1 Å². The molecule has 2 nitrogen and oxygen atoms in total. The van der Waals surface area contributed by atoms with Gasteiger partial charge >= 0.3 is 0 Å². The SMILES string of the molecule is CCCCCC[n+]1cn(-c2ccc(F)cc2F)c2ccccc21. The number of aromatic nitrogens is 2. The van der Waals surface area contributed by atoms with Crippen molar-refractivity contribution in [2.75, 3.05) is 0 Å². The zero-order valence-electron chi connectivity index (χ0n) is 13.3. The molecule has 120 valence electrons. The molecular weight excluding hydrogens is 294 g/mol. The topological polar surface area (TPSA) is 8.81 Å². The highest BCUT2D eigenvalue weighted by atomic mass is 19.1. The molecule has 0 fully saturated rings. The lowest BCUT2D eigenvalue weighted by molar-refractivity contribution is -0.672. The van der Waals surface area contributed by atoms with Crippen molar-refractivity contribution in [3.8, 4) is 5.69 Å². The van der Waals surface area contributed by atoms with Gasteiger partial charge in [0.15, 0.2) is 22.5 Å². The second-order valence-electron chi connectivity index (χ2n) is 5.82. The second-order valence-corrected chi connectivity index (χ2v) is 5.82. The van der Waals surface area contributed by atoms with Crippen LogP contribution in [0.15, 0.2) is 48.8 Å². The van der Waals surface area contributed by atoms with E-state index in [1.165, 1.54) is 31.4 Å². The van der Waals surface area contributed by atoms with Gasteiger partial charge in [-0.3, -0.25) is 0 Å². The summed E-state index contributed by atoms with van der Waals surface area (Å²) in [6.07, 6.45) is 6.62. The second kappa shape index (κ2) is 6.90. The molecule has 1 aromatic heterocycles. The molecule has 0 bridgehead atoms. The standard InChI is InChI=1S/C19H21F2N2/c1-2-3-4-7-12-22-14-23(19-9-6-5-8-18(19)22)17-11-10-15(20)13-16(17)21/h5-6,8-11,13-14H,2-4,7,12H2,1H3/q+1. The molecule has 23 heavy (non-hydrogen) atoms. The molecule has 0 aliphatic rings. The molecule has 0 saturated heterocycles. The first kappa shape index (κ1) is 15.7. The first-order chi connectivity index (χ1) is 11.2. The van der Waals surface area contributed by atoms with Crippen molar-refractivity contribution >= 4 is 11.0 Å². The maximum absolute atomic E-state index is 14.2. The fourth-order valence-electron chi connectivity index (χ4n) is 2.93. The minimum absolute atomic E-state index is 0.370. The predicted octanol–water partition coefficient (Wildman–Crippen LogP) is 4.78. The van der Waals surface area contributed by atoms with E-state index in [-0.39, 0.29) is 0 Å². The Hall–Kier alpha value is -2.23. The van der Waals surface area contributed by atoms with E-state index >= 15 is 0 Å². The number of rotatable bonds is 6. The van der Waals surface area contributed by atoms with Gasteiger partial charge in [0.05, 0.1) is 6.54 Å². The van der Waals surface area contributed by atoms with E-state index in [4.69, 9.17) is 0 Å². The number of nitrogens with zero attached hydrogens (tertiary/aromatic N) is 2. The first-order valence-electron chi connectivity index (χ1n) is 8.15. The molecule has 0 saturated carbocycles. The average Bonchev–Trinajstić information content (AvgIpc) is 2.91. The van der Waals surface area contributed by atoms with Crippen LogP contribution in [-0.4, -0.2) is 4.57 Å². The molecule has 4 heteroatoms. The largest absolute Gasteiger partial charge is 0.250 e. The van der Waals surface area contributed by atoms with Gasteiger partial charge in [0.2, 0.25) is 6.33 Å². The highest BCUT2D eigenvalue weighted by Gasteiger charge is 2.19. The summed E-state index contributed by atoms with van der Waals surface area (Å²) < 4.78 is 31.3. The third-order valence-corrected chi connectivity index (χ3v) is 4.13.